The van der Waals surface area contributed by atoms with Crippen LogP contribution in [0.25, 0.3) is 0 Å². The Hall–Kier alpha value is -1.51. The van der Waals surface area contributed by atoms with Crippen molar-refractivity contribution < 1.29 is 14.6 Å². The van der Waals surface area contributed by atoms with Crippen LogP contribution in [0.2, 0.25) is 0 Å². The van der Waals surface area contributed by atoms with E-state index in [0.717, 1.165) is 25.7 Å². The molecule has 3 nitrogen and oxygen atoms in total. The molecule has 0 bridgehead atoms. The third-order valence-corrected chi connectivity index (χ3v) is 2.63. The molecule has 0 amide bonds. The van der Waals surface area contributed by atoms with Crippen LogP contribution in [0, 0.1) is 6.92 Å². The molecule has 0 fully saturated rings. The summed E-state index contributed by atoms with van der Waals surface area (Å²) in [4.78, 5) is 11.5. The summed E-state index contributed by atoms with van der Waals surface area (Å²) >= 11 is 0. The first-order valence-electron chi connectivity index (χ1n) is 6.13. The van der Waals surface area contributed by atoms with Crippen LogP contribution in [-0.4, -0.2) is 11.1 Å². The molecular weight excluding hydrogens is 216 g/mol. The van der Waals surface area contributed by atoms with Crippen molar-refractivity contribution in [2.75, 3.05) is 0 Å². The highest BCUT2D eigenvalue weighted by Gasteiger charge is 2.05. The number of benzene rings is 1. The van der Waals surface area contributed by atoms with Crippen molar-refractivity contribution in [2.45, 2.75) is 46.0 Å². The van der Waals surface area contributed by atoms with Crippen LogP contribution in [0.1, 0.15) is 44.6 Å². The molecule has 0 aliphatic rings. The standard InChI is InChI=1S/C14H20O3/c1-3-4-5-6-7-14(16)17-12-8-9-13(15)11(2)10-12/h8-10,15H,3-7H2,1-2H3. The van der Waals surface area contributed by atoms with Gasteiger partial charge in [0.1, 0.15) is 11.5 Å². The average molecular weight is 236 g/mol. The fraction of sp³-hybridized carbons (Fsp3) is 0.500. The zero-order valence-corrected chi connectivity index (χ0v) is 10.5. The van der Waals surface area contributed by atoms with E-state index in [9.17, 15) is 9.90 Å². The van der Waals surface area contributed by atoms with Crippen molar-refractivity contribution in [1.82, 2.24) is 0 Å². The Morgan fingerprint density at radius 2 is 2.06 bits per heavy atom. The van der Waals surface area contributed by atoms with Gasteiger partial charge in [-0.05, 0) is 37.1 Å². The van der Waals surface area contributed by atoms with Crippen LogP contribution in [0.4, 0.5) is 0 Å². The molecule has 3 heteroatoms. The molecule has 0 radical (unpaired) electrons. The monoisotopic (exact) mass is 236 g/mol. The van der Waals surface area contributed by atoms with E-state index in [0.29, 0.717) is 17.7 Å². The van der Waals surface area contributed by atoms with Gasteiger partial charge >= 0.3 is 5.97 Å². The third kappa shape index (κ3) is 4.89. The molecule has 17 heavy (non-hydrogen) atoms. The largest absolute Gasteiger partial charge is 0.508 e. The Morgan fingerprint density at radius 1 is 1.29 bits per heavy atom. The number of carbonyl (C=O) groups is 1. The minimum absolute atomic E-state index is 0.203. The molecule has 0 aromatic heterocycles. The Bertz CT molecular complexity index is 372. The predicted octanol–water partition coefficient (Wildman–Crippen LogP) is 3.58. The summed E-state index contributed by atoms with van der Waals surface area (Å²) in [5.74, 6) is 0.514. The topological polar surface area (TPSA) is 46.5 Å². The number of aromatic hydroxyl groups is 1. The number of aryl methyl sites for hydroxylation is 1. The molecule has 0 aliphatic carbocycles. The molecule has 0 saturated heterocycles. The SMILES string of the molecule is CCCCCCC(=O)Oc1ccc(O)c(C)c1. The number of hydrogen-bond donors (Lipinski definition) is 1. The molecule has 0 aliphatic heterocycles. The molecule has 1 N–H and O–H groups in total. The lowest BCUT2D eigenvalue weighted by molar-refractivity contribution is -0.134. The molecule has 0 atom stereocenters. The number of hydrogen-bond acceptors (Lipinski definition) is 3. The fourth-order valence-corrected chi connectivity index (χ4v) is 1.57. The second-order valence-electron chi connectivity index (χ2n) is 4.23. The van der Waals surface area contributed by atoms with Crippen LogP contribution < -0.4 is 4.74 Å². The van der Waals surface area contributed by atoms with Crippen molar-refractivity contribution >= 4 is 5.97 Å². The Balaban J connectivity index is 2.37. The van der Waals surface area contributed by atoms with Crippen molar-refractivity contribution in [3.8, 4) is 11.5 Å². The minimum atomic E-state index is -0.203. The lowest BCUT2D eigenvalue weighted by Crippen LogP contribution is -2.07. The summed E-state index contributed by atoms with van der Waals surface area (Å²) in [5, 5.41) is 9.34. The van der Waals surface area contributed by atoms with Gasteiger partial charge in [0, 0.05) is 6.42 Å². The summed E-state index contributed by atoms with van der Waals surface area (Å²) in [6.45, 7) is 3.91. The Kier molecular flexibility index (Phi) is 5.53. The zero-order chi connectivity index (χ0) is 12.7. The maximum absolute atomic E-state index is 11.5. The lowest BCUT2D eigenvalue weighted by atomic mass is 10.1. The maximum Gasteiger partial charge on any atom is 0.311 e. The summed E-state index contributed by atoms with van der Waals surface area (Å²) in [5.41, 5.74) is 0.710. The molecule has 94 valence electrons. The van der Waals surface area contributed by atoms with Gasteiger partial charge in [0.25, 0.3) is 0 Å². The summed E-state index contributed by atoms with van der Waals surface area (Å²) in [6.07, 6.45) is 4.72. The minimum Gasteiger partial charge on any atom is -0.508 e. The zero-order valence-electron chi connectivity index (χ0n) is 10.5. The highest BCUT2D eigenvalue weighted by atomic mass is 16.5. The van der Waals surface area contributed by atoms with E-state index in [4.69, 9.17) is 4.74 Å². The van der Waals surface area contributed by atoms with Gasteiger partial charge < -0.3 is 9.84 Å². The van der Waals surface area contributed by atoms with E-state index >= 15 is 0 Å². The van der Waals surface area contributed by atoms with Crippen molar-refractivity contribution in [1.29, 1.82) is 0 Å². The van der Waals surface area contributed by atoms with Crippen LogP contribution in [0.5, 0.6) is 11.5 Å². The van der Waals surface area contributed by atoms with Gasteiger partial charge in [-0.15, -0.1) is 0 Å². The highest BCUT2D eigenvalue weighted by molar-refractivity contribution is 5.72. The lowest BCUT2D eigenvalue weighted by Gasteiger charge is -2.06. The molecule has 1 rings (SSSR count). The van der Waals surface area contributed by atoms with Gasteiger partial charge in [-0.25, -0.2) is 0 Å². The second-order valence-corrected chi connectivity index (χ2v) is 4.23. The van der Waals surface area contributed by atoms with Crippen LogP contribution in [0.15, 0.2) is 18.2 Å². The van der Waals surface area contributed by atoms with E-state index in [1.54, 1.807) is 19.1 Å². The Labute approximate surface area is 102 Å². The first-order chi connectivity index (χ1) is 8.13. The average Bonchev–Trinajstić information content (AvgIpc) is 2.30. The number of unbranched alkanes of at least 4 members (excludes halogenated alkanes) is 3. The van der Waals surface area contributed by atoms with Gasteiger partial charge in [-0.3, -0.25) is 4.79 Å². The Morgan fingerprint density at radius 3 is 2.71 bits per heavy atom. The highest BCUT2D eigenvalue weighted by Crippen LogP contribution is 2.22. The summed E-state index contributed by atoms with van der Waals surface area (Å²) < 4.78 is 5.18. The maximum atomic E-state index is 11.5. The summed E-state index contributed by atoms with van der Waals surface area (Å²) in [6, 6.07) is 4.81. The number of ether oxygens (including phenoxy) is 1. The van der Waals surface area contributed by atoms with E-state index in [1.165, 1.54) is 6.07 Å². The predicted molar refractivity (Wildman–Crippen MR) is 67.2 cm³/mol. The van der Waals surface area contributed by atoms with Gasteiger partial charge in [0.15, 0.2) is 0 Å². The number of phenolic OH excluding ortho intramolecular Hbond substituents is 1. The van der Waals surface area contributed by atoms with Gasteiger partial charge in [-0.1, -0.05) is 26.2 Å². The van der Waals surface area contributed by atoms with E-state index < -0.39 is 0 Å². The number of rotatable bonds is 6. The van der Waals surface area contributed by atoms with E-state index in [1.807, 2.05) is 0 Å². The van der Waals surface area contributed by atoms with Gasteiger partial charge in [-0.2, -0.15) is 0 Å². The number of carbonyl (C=O) groups excluding carboxylic acids is 1. The summed E-state index contributed by atoms with van der Waals surface area (Å²) in [7, 11) is 0. The normalized spacial score (nSPS) is 10.2. The molecule has 0 spiro atoms. The first kappa shape index (κ1) is 13.6. The van der Waals surface area contributed by atoms with E-state index in [2.05, 4.69) is 6.92 Å². The second kappa shape index (κ2) is 6.94. The molecule has 1 aromatic carbocycles. The van der Waals surface area contributed by atoms with Crippen molar-refractivity contribution in [3.05, 3.63) is 23.8 Å². The third-order valence-electron chi connectivity index (χ3n) is 2.63. The van der Waals surface area contributed by atoms with E-state index in [-0.39, 0.29) is 11.7 Å². The van der Waals surface area contributed by atoms with Gasteiger partial charge in [0.05, 0.1) is 0 Å². The first-order valence-corrected chi connectivity index (χ1v) is 6.13. The number of esters is 1. The molecule has 1 aromatic rings. The van der Waals surface area contributed by atoms with Crippen molar-refractivity contribution in [2.24, 2.45) is 0 Å². The quantitative estimate of drug-likeness (QED) is 0.466. The van der Waals surface area contributed by atoms with Gasteiger partial charge in [0.2, 0.25) is 0 Å². The fourth-order valence-electron chi connectivity index (χ4n) is 1.57. The molecular formula is C14H20O3. The number of phenols is 1. The van der Waals surface area contributed by atoms with Crippen LogP contribution >= 0.6 is 0 Å². The smallest absolute Gasteiger partial charge is 0.311 e. The van der Waals surface area contributed by atoms with Crippen LogP contribution in [-0.2, 0) is 4.79 Å². The van der Waals surface area contributed by atoms with Crippen LogP contribution in [0.3, 0.4) is 0 Å². The molecule has 0 heterocycles. The molecule has 0 unspecified atom stereocenters. The van der Waals surface area contributed by atoms with Crippen molar-refractivity contribution in [3.63, 3.8) is 0 Å². The molecule has 0 saturated carbocycles.